The van der Waals surface area contributed by atoms with Gasteiger partial charge in [-0.2, -0.15) is 9.97 Å². The van der Waals surface area contributed by atoms with Crippen molar-refractivity contribution in [2.24, 2.45) is 0 Å². The van der Waals surface area contributed by atoms with Crippen LogP contribution >= 0.6 is 11.3 Å². The number of rotatable bonds is 6. The van der Waals surface area contributed by atoms with Crippen molar-refractivity contribution in [2.75, 3.05) is 0 Å². The third kappa shape index (κ3) is 6.71. The Morgan fingerprint density at radius 2 is 0.928 bits per heavy atom. The maximum absolute atomic E-state index is 6.38. The monoisotopic (exact) mass is 902 g/mol. The highest BCUT2D eigenvalue weighted by molar-refractivity contribution is 7.26. The SMILES string of the molecule is CC.c1ccc(-c2nc(-c3ccc4c(c3)oc3ccccc34)nc(-n3c4c(-c5cccc(-c6cccc(-c7cccc8c7sc7ccccc78)c6)c5)cccc4c4ccc5ccccc5c43)n2)cc1. The largest absolute Gasteiger partial charge is 0.456 e. The van der Waals surface area contributed by atoms with Crippen LogP contribution in [0, 0.1) is 0 Å². The minimum atomic E-state index is 0.539. The van der Waals surface area contributed by atoms with E-state index in [0.717, 1.165) is 87.9 Å². The molecule has 0 N–H and O–H groups in total. The van der Waals surface area contributed by atoms with Crippen LogP contribution in [0.4, 0.5) is 0 Å². The van der Waals surface area contributed by atoms with Crippen molar-refractivity contribution in [2.45, 2.75) is 13.8 Å². The van der Waals surface area contributed by atoms with Gasteiger partial charge < -0.3 is 4.42 Å². The van der Waals surface area contributed by atoms with Gasteiger partial charge in [0, 0.05) is 63.8 Å². The van der Waals surface area contributed by atoms with Crippen molar-refractivity contribution in [1.29, 1.82) is 0 Å². The van der Waals surface area contributed by atoms with E-state index in [9.17, 15) is 0 Å². The fourth-order valence-corrected chi connectivity index (χ4v) is 11.4. The van der Waals surface area contributed by atoms with Crippen LogP contribution in [0.5, 0.6) is 0 Å². The molecule has 0 atom stereocenters. The van der Waals surface area contributed by atoms with E-state index in [1.165, 1.54) is 31.3 Å². The highest BCUT2D eigenvalue weighted by atomic mass is 32.1. The molecule has 326 valence electrons. The molecule has 0 aliphatic rings. The molecule has 5 nitrogen and oxygen atoms in total. The Kier molecular flexibility index (Phi) is 9.73. The van der Waals surface area contributed by atoms with Crippen LogP contribution in [0.15, 0.2) is 223 Å². The van der Waals surface area contributed by atoms with Crippen LogP contribution in [-0.4, -0.2) is 19.5 Å². The average molecular weight is 903 g/mol. The molecule has 0 aliphatic carbocycles. The van der Waals surface area contributed by atoms with E-state index >= 15 is 0 Å². The van der Waals surface area contributed by atoms with Crippen molar-refractivity contribution in [3.05, 3.63) is 218 Å². The maximum Gasteiger partial charge on any atom is 0.238 e. The summed E-state index contributed by atoms with van der Waals surface area (Å²) in [6.07, 6.45) is 0. The van der Waals surface area contributed by atoms with Crippen molar-refractivity contribution >= 4 is 86.0 Å². The molecular weight excluding hydrogens is 861 g/mol. The number of furan rings is 1. The van der Waals surface area contributed by atoms with Gasteiger partial charge in [0.1, 0.15) is 11.2 Å². The molecule has 0 unspecified atom stereocenters. The molecular formula is C63H42N4OS. The lowest BCUT2D eigenvalue weighted by atomic mass is 9.95. The lowest BCUT2D eigenvalue weighted by Crippen LogP contribution is -2.07. The quantitative estimate of drug-likeness (QED) is 0.167. The molecule has 4 heterocycles. The molecule has 0 saturated carbocycles. The molecule has 0 radical (unpaired) electrons. The van der Waals surface area contributed by atoms with Gasteiger partial charge in [0.15, 0.2) is 11.6 Å². The smallest absolute Gasteiger partial charge is 0.238 e. The summed E-state index contributed by atoms with van der Waals surface area (Å²) in [7, 11) is 0. The van der Waals surface area contributed by atoms with E-state index in [1.54, 1.807) is 0 Å². The van der Waals surface area contributed by atoms with Crippen LogP contribution in [0.1, 0.15) is 13.8 Å². The summed E-state index contributed by atoms with van der Waals surface area (Å²) in [4.78, 5) is 16.0. The summed E-state index contributed by atoms with van der Waals surface area (Å²) in [5, 5.41) is 9.25. The minimum absolute atomic E-state index is 0.539. The Labute approximate surface area is 402 Å². The Morgan fingerprint density at radius 3 is 1.74 bits per heavy atom. The van der Waals surface area contributed by atoms with Gasteiger partial charge in [0.05, 0.1) is 11.0 Å². The predicted octanol–water partition coefficient (Wildman–Crippen LogP) is 17.8. The van der Waals surface area contributed by atoms with Crippen LogP contribution in [0.2, 0.25) is 0 Å². The molecule has 0 aliphatic heterocycles. The zero-order valence-corrected chi connectivity index (χ0v) is 38.7. The summed E-state index contributed by atoms with van der Waals surface area (Å²) in [5.74, 6) is 1.69. The van der Waals surface area contributed by atoms with Gasteiger partial charge in [-0.15, -0.1) is 11.3 Å². The molecule has 0 saturated heterocycles. The van der Waals surface area contributed by atoms with Gasteiger partial charge in [0.25, 0.3) is 0 Å². The van der Waals surface area contributed by atoms with Crippen LogP contribution < -0.4 is 0 Å². The molecule has 0 fully saturated rings. The molecule has 0 amide bonds. The van der Waals surface area contributed by atoms with E-state index < -0.39 is 0 Å². The number of hydrogen-bond donors (Lipinski definition) is 0. The number of fused-ring (bicyclic) bond motifs is 11. The first-order valence-corrected chi connectivity index (χ1v) is 24.3. The lowest BCUT2D eigenvalue weighted by molar-refractivity contribution is 0.669. The maximum atomic E-state index is 6.38. The zero-order valence-electron chi connectivity index (χ0n) is 37.9. The second-order valence-electron chi connectivity index (χ2n) is 17.1. The third-order valence-electron chi connectivity index (χ3n) is 13.3. The van der Waals surface area contributed by atoms with Crippen LogP contribution in [0.25, 0.3) is 137 Å². The second-order valence-corrected chi connectivity index (χ2v) is 18.2. The van der Waals surface area contributed by atoms with Gasteiger partial charge in [-0.3, -0.25) is 4.57 Å². The molecule has 69 heavy (non-hydrogen) atoms. The topological polar surface area (TPSA) is 56.7 Å². The fraction of sp³-hybridized carbons (Fsp3) is 0.0317. The lowest BCUT2D eigenvalue weighted by Gasteiger charge is -2.14. The van der Waals surface area contributed by atoms with Gasteiger partial charge in [0.2, 0.25) is 5.95 Å². The molecule has 4 aromatic heterocycles. The van der Waals surface area contributed by atoms with E-state index in [4.69, 9.17) is 19.4 Å². The summed E-state index contributed by atoms with van der Waals surface area (Å²) in [6, 6.07) is 77.6. The number of aromatic nitrogens is 4. The molecule has 14 aromatic rings. The summed E-state index contributed by atoms with van der Waals surface area (Å²) >= 11 is 1.87. The standard InChI is InChI=1S/C61H36N4OS.C2H6/c1-2-15-38(16-3-1)59-62-60(43-31-32-48-47-22-6-8-28-53(47)66-54(48)36-43)64-61(63-59)65-56-44-21-5-4-14-37(44)30-33-51(56)50-26-12-24-45(57(50)65)41-19-10-17-39(34-41)40-18-11-20-42(35-40)46-25-13-27-52-49-23-7-9-29-55(49)67-58(46)52;1-2/h1-36H;1-2H3. The van der Waals surface area contributed by atoms with Crippen molar-refractivity contribution in [3.8, 4) is 62.1 Å². The van der Waals surface area contributed by atoms with Crippen LogP contribution in [0.3, 0.4) is 0 Å². The van der Waals surface area contributed by atoms with Crippen molar-refractivity contribution in [1.82, 2.24) is 19.5 Å². The second kappa shape index (κ2) is 16.6. The van der Waals surface area contributed by atoms with E-state index in [-0.39, 0.29) is 0 Å². The first kappa shape index (κ1) is 40.6. The first-order valence-electron chi connectivity index (χ1n) is 23.5. The third-order valence-corrected chi connectivity index (χ3v) is 14.5. The molecule has 0 spiro atoms. The Morgan fingerprint density at radius 1 is 0.362 bits per heavy atom. The van der Waals surface area contributed by atoms with E-state index in [0.29, 0.717) is 17.6 Å². The fourth-order valence-electron chi connectivity index (χ4n) is 10.1. The number of thiophene rings is 1. The van der Waals surface area contributed by atoms with Crippen LogP contribution in [-0.2, 0) is 0 Å². The van der Waals surface area contributed by atoms with Crippen molar-refractivity contribution in [3.63, 3.8) is 0 Å². The van der Waals surface area contributed by atoms with E-state index in [1.807, 2.05) is 61.6 Å². The Bertz CT molecular complexity index is 4300. The first-order chi connectivity index (χ1) is 34.2. The summed E-state index contributed by atoms with van der Waals surface area (Å²) < 4.78 is 11.3. The number of nitrogens with zero attached hydrogens (tertiary/aromatic N) is 4. The van der Waals surface area contributed by atoms with Gasteiger partial charge >= 0.3 is 0 Å². The summed E-state index contributed by atoms with van der Waals surface area (Å²) in [6.45, 7) is 4.00. The Hall–Kier alpha value is -8.71. The average Bonchev–Trinajstić information content (AvgIpc) is 4.11. The molecule has 0 bridgehead atoms. The highest BCUT2D eigenvalue weighted by Crippen LogP contribution is 2.44. The van der Waals surface area contributed by atoms with Gasteiger partial charge in [-0.25, -0.2) is 4.98 Å². The number of benzene rings is 10. The van der Waals surface area contributed by atoms with Gasteiger partial charge in [-0.1, -0.05) is 196 Å². The highest BCUT2D eigenvalue weighted by Gasteiger charge is 2.23. The number of hydrogen-bond acceptors (Lipinski definition) is 5. The Balaban J connectivity index is 0.00000232. The van der Waals surface area contributed by atoms with E-state index in [2.05, 4.69) is 187 Å². The van der Waals surface area contributed by atoms with Gasteiger partial charge in [-0.05, 0) is 69.6 Å². The molecule has 10 aromatic carbocycles. The minimum Gasteiger partial charge on any atom is -0.456 e. The zero-order chi connectivity index (χ0) is 46.0. The molecule has 14 rings (SSSR count). The number of para-hydroxylation sites is 2. The van der Waals surface area contributed by atoms with Crippen molar-refractivity contribution < 1.29 is 4.42 Å². The summed E-state index contributed by atoms with van der Waals surface area (Å²) in [5.41, 5.74) is 12.4. The molecule has 6 heteroatoms. The predicted molar refractivity (Wildman–Crippen MR) is 290 cm³/mol. The normalized spacial score (nSPS) is 11.6.